The smallest absolute Gasteiger partial charge is 0.136 e. The zero-order chi connectivity index (χ0) is 14.0. The van der Waals surface area contributed by atoms with E-state index < -0.39 is 0 Å². The highest BCUT2D eigenvalue weighted by Gasteiger charge is 2.31. The van der Waals surface area contributed by atoms with E-state index in [4.69, 9.17) is 0 Å². The van der Waals surface area contributed by atoms with Crippen LogP contribution in [0.15, 0.2) is 24.3 Å². The molecule has 0 N–H and O–H groups in total. The highest BCUT2D eigenvalue weighted by molar-refractivity contribution is 5.83. The van der Waals surface area contributed by atoms with Crippen LogP contribution >= 0.6 is 0 Å². The molecule has 20 heavy (non-hydrogen) atoms. The van der Waals surface area contributed by atoms with Crippen molar-refractivity contribution >= 4 is 5.78 Å². The third-order valence-electron chi connectivity index (χ3n) is 4.84. The molecule has 0 aliphatic heterocycles. The van der Waals surface area contributed by atoms with Gasteiger partial charge in [0.25, 0.3) is 0 Å². The highest BCUT2D eigenvalue weighted by atomic mass is 16.1. The number of carbonyl (C=O) groups excluding carboxylic acids is 1. The van der Waals surface area contributed by atoms with Gasteiger partial charge in [-0.1, -0.05) is 56.4 Å². The van der Waals surface area contributed by atoms with Gasteiger partial charge < -0.3 is 0 Å². The molecule has 0 aromatic heterocycles. The molecule has 0 bridgehead atoms. The van der Waals surface area contributed by atoms with Crippen LogP contribution in [0.3, 0.4) is 0 Å². The molecule has 2 atom stereocenters. The molecule has 1 saturated carbocycles. The van der Waals surface area contributed by atoms with Crippen molar-refractivity contribution in [3.8, 4) is 0 Å². The molecule has 1 heteroatoms. The molecule has 1 fully saturated rings. The second kappa shape index (κ2) is 9.15. The Bertz CT molecular complexity index is 340. The van der Waals surface area contributed by atoms with Crippen molar-refractivity contribution in [2.75, 3.05) is 0 Å². The quantitative estimate of drug-likeness (QED) is 0.525. The molecular formula is C19H30O. The number of Topliss-reactive ketones (excluding diaryl/α,β-unsaturated/α-hetero) is 1. The number of hydrogen-bond donors (Lipinski definition) is 0. The Morgan fingerprint density at radius 2 is 1.45 bits per heavy atom. The number of hydrogen-bond acceptors (Lipinski definition) is 1. The molecule has 0 saturated heterocycles. The fraction of sp³-hybridized carbons (Fsp3) is 0.737. The third kappa shape index (κ3) is 5.26. The van der Waals surface area contributed by atoms with Crippen LogP contribution in [0.2, 0.25) is 0 Å². The first-order valence-corrected chi connectivity index (χ1v) is 8.72. The van der Waals surface area contributed by atoms with E-state index in [1.165, 1.54) is 57.8 Å². The molecule has 0 amide bonds. The van der Waals surface area contributed by atoms with Crippen molar-refractivity contribution in [1.29, 1.82) is 0 Å². The van der Waals surface area contributed by atoms with Gasteiger partial charge in [-0.3, -0.25) is 4.79 Å². The van der Waals surface area contributed by atoms with Crippen LogP contribution in [0.25, 0.3) is 0 Å². The van der Waals surface area contributed by atoms with E-state index in [9.17, 15) is 4.79 Å². The Hall–Kier alpha value is -0.850. The van der Waals surface area contributed by atoms with Gasteiger partial charge in [0.2, 0.25) is 0 Å². The molecule has 112 valence electrons. The van der Waals surface area contributed by atoms with Crippen LogP contribution in [-0.4, -0.2) is 5.78 Å². The number of carbonyl (C=O) groups is 1. The van der Waals surface area contributed by atoms with Gasteiger partial charge in [0.05, 0.1) is 0 Å². The minimum Gasteiger partial charge on any atom is -0.299 e. The van der Waals surface area contributed by atoms with Crippen molar-refractivity contribution in [3.63, 3.8) is 0 Å². The van der Waals surface area contributed by atoms with Crippen molar-refractivity contribution in [2.24, 2.45) is 11.8 Å². The lowest BCUT2D eigenvalue weighted by atomic mass is 9.91. The average molecular weight is 274 g/mol. The summed E-state index contributed by atoms with van der Waals surface area (Å²) in [6.07, 6.45) is 24.1. The standard InChI is InChI=1S/C19H30O/c20-19-16-15-17-13-11-9-7-5-3-1-2-4-6-8-10-12-14-18(17)19/h10-13,17-18H,1-9,14-16H2/b12-10-,13-11+/t17?,18-/m1/s1. The van der Waals surface area contributed by atoms with Crippen molar-refractivity contribution in [1.82, 2.24) is 0 Å². The van der Waals surface area contributed by atoms with E-state index in [1.807, 2.05) is 0 Å². The van der Waals surface area contributed by atoms with Gasteiger partial charge in [0.1, 0.15) is 5.78 Å². The fourth-order valence-corrected chi connectivity index (χ4v) is 3.51. The third-order valence-corrected chi connectivity index (χ3v) is 4.84. The zero-order valence-corrected chi connectivity index (χ0v) is 12.9. The van der Waals surface area contributed by atoms with E-state index in [1.54, 1.807) is 0 Å². The SMILES string of the molecule is O=C1CCC2/C=C/CCCCCCCCC/C=C\C[C@@H]12. The summed E-state index contributed by atoms with van der Waals surface area (Å²) in [5.41, 5.74) is 0. The van der Waals surface area contributed by atoms with E-state index in [2.05, 4.69) is 24.3 Å². The molecular weight excluding hydrogens is 244 g/mol. The highest BCUT2D eigenvalue weighted by Crippen LogP contribution is 2.33. The summed E-state index contributed by atoms with van der Waals surface area (Å²) in [5.74, 6) is 1.28. The zero-order valence-electron chi connectivity index (χ0n) is 12.9. The second-order valence-corrected chi connectivity index (χ2v) is 6.46. The summed E-state index contributed by atoms with van der Waals surface area (Å²) in [6, 6.07) is 0. The molecule has 0 spiro atoms. The number of ketones is 1. The summed E-state index contributed by atoms with van der Waals surface area (Å²) in [7, 11) is 0. The lowest BCUT2D eigenvalue weighted by Gasteiger charge is -2.12. The number of allylic oxidation sites excluding steroid dienone is 4. The van der Waals surface area contributed by atoms with Crippen LogP contribution in [0, 0.1) is 11.8 Å². The number of rotatable bonds is 0. The minimum absolute atomic E-state index is 0.274. The lowest BCUT2D eigenvalue weighted by molar-refractivity contribution is -0.120. The van der Waals surface area contributed by atoms with E-state index in [-0.39, 0.29) is 5.92 Å². The first-order valence-electron chi connectivity index (χ1n) is 8.72. The van der Waals surface area contributed by atoms with Gasteiger partial charge in [-0.15, -0.1) is 0 Å². The first-order chi connectivity index (χ1) is 9.88. The maximum atomic E-state index is 12.0. The predicted molar refractivity (Wildman–Crippen MR) is 85.7 cm³/mol. The monoisotopic (exact) mass is 274 g/mol. The summed E-state index contributed by atoms with van der Waals surface area (Å²) in [6.45, 7) is 0. The van der Waals surface area contributed by atoms with Crippen LogP contribution in [0.1, 0.15) is 77.0 Å². The molecule has 0 heterocycles. The molecule has 2 aliphatic rings. The molecule has 2 rings (SSSR count). The normalized spacial score (nSPS) is 33.5. The topological polar surface area (TPSA) is 17.1 Å². The average Bonchev–Trinajstić information content (AvgIpc) is 2.79. The lowest BCUT2D eigenvalue weighted by Crippen LogP contribution is -2.12. The first kappa shape index (κ1) is 15.5. The Labute approximate surface area is 124 Å². The summed E-state index contributed by atoms with van der Waals surface area (Å²) < 4.78 is 0. The van der Waals surface area contributed by atoms with Gasteiger partial charge in [-0.05, 0) is 44.4 Å². The molecule has 0 aromatic carbocycles. The maximum Gasteiger partial charge on any atom is 0.136 e. The molecule has 2 aliphatic carbocycles. The maximum absolute atomic E-state index is 12.0. The van der Waals surface area contributed by atoms with Gasteiger partial charge in [0, 0.05) is 12.3 Å². The van der Waals surface area contributed by atoms with Crippen molar-refractivity contribution < 1.29 is 4.79 Å². The fourth-order valence-electron chi connectivity index (χ4n) is 3.51. The van der Waals surface area contributed by atoms with Crippen LogP contribution in [0.5, 0.6) is 0 Å². The van der Waals surface area contributed by atoms with Crippen LogP contribution in [-0.2, 0) is 4.79 Å². The summed E-state index contributed by atoms with van der Waals surface area (Å²) in [5, 5.41) is 0. The van der Waals surface area contributed by atoms with Gasteiger partial charge in [0.15, 0.2) is 0 Å². The molecule has 1 nitrogen and oxygen atoms in total. The van der Waals surface area contributed by atoms with E-state index in [0.29, 0.717) is 11.7 Å². The second-order valence-electron chi connectivity index (χ2n) is 6.46. The van der Waals surface area contributed by atoms with Gasteiger partial charge in [-0.2, -0.15) is 0 Å². The van der Waals surface area contributed by atoms with Gasteiger partial charge >= 0.3 is 0 Å². The summed E-state index contributed by atoms with van der Waals surface area (Å²) >= 11 is 0. The number of fused-ring (bicyclic) bond motifs is 1. The predicted octanol–water partition coefficient (Wildman–Crippen LogP) is 5.61. The van der Waals surface area contributed by atoms with Crippen molar-refractivity contribution in [3.05, 3.63) is 24.3 Å². The summed E-state index contributed by atoms with van der Waals surface area (Å²) in [4.78, 5) is 12.0. The Kier molecular flexibility index (Phi) is 7.11. The minimum atomic E-state index is 0.274. The molecule has 1 unspecified atom stereocenters. The van der Waals surface area contributed by atoms with E-state index >= 15 is 0 Å². The van der Waals surface area contributed by atoms with Gasteiger partial charge in [-0.25, -0.2) is 0 Å². The van der Waals surface area contributed by atoms with Crippen molar-refractivity contribution in [2.45, 2.75) is 77.0 Å². The van der Waals surface area contributed by atoms with Crippen LogP contribution < -0.4 is 0 Å². The van der Waals surface area contributed by atoms with Crippen LogP contribution in [0.4, 0.5) is 0 Å². The van der Waals surface area contributed by atoms with E-state index in [0.717, 1.165) is 19.3 Å². The Morgan fingerprint density at radius 1 is 0.800 bits per heavy atom. The largest absolute Gasteiger partial charge is 0.299 e. The Balaban J connectivity index is 1.88. The molecule has 0 radical (unpaired) electrons. The molecule has 0 aromatic rings. The Morgan fingerprint density at radius 3 is 2.20 bits per heavy atom.